The van der Waals surface area contributed by atoms with E-state index in [1.807, 2.05) is 0 Å². The van der Waals surface area contributed by atoms with Gasteiger partial charge in [-0.3, -0.25) is 0 Å². The van der Waals surface area contributed by atoms with E-state index in [9.17, 15) is 22.0 Å². The summed E-state index contributed by atoms with van der Waals surface area (Å²) in [5, 5.41) is 11.1. The summed E-state index contributed by atoms with van der Waals surface area (Å²) < 4.78 is 64.7. The van der Waals surface area contributed by atoms with Crippen LogP contribution in [0.2, 0.25) is 0 Å². The van der Waals surface area contributed by atoms with Crippen molar-refractivity contribution in [1.82, 2.24) is 0 Å². The van der Waals surface area contributed by atoms with Gasteiger partial charge < -0.3 is 5.32 Å². The summed E-state index contributed by atoms with van der Waals surface area (Å²) in [6.45, 7) is 0. The molecule has 0 spiro atoms. The van der Waals surface area contributed by atoms with E-state index in [1.165, 1.54) is 12.1 Å². The topological polar surface area (TPSA) is 35.8 Å². The third-order valence-corrected chi connectivity index (χ3v) is 2.69. The first-order valence-electron chi connectivity index (χ1n) is 5.65. The van der Waals surface area contributed by atoms with Gasteiger partial charge in [-0.1, -0.05) is 6.07 Å². The SMILES string of the molecule is N#Cc1c(F)cccc1Nc1cc(C(F)(F)F)ccc1F. The zero-order valence-corrected chi connectivity index (χ0v) is 10.3. The van der Waals surface area contributed by atoms with Crippen molar-refractivity contribution in [2.45, 2.75) is 6.18 Å². The van der Waals surface area contributed by atoms with Crippen LogP contribution in [0.5, 0.6) is 0 Å². The Hall–Kier alpha value is -2.62. The van der Waals surface area contributed by atoms with Gasteiger partial charge in [0, 0.05) is 0 Å². The lowest BCUT2D eigenvalue weighted by atomic mass is 10.1. The van der Waals surface area contributed by atoms with E-state index in [0.717, 1.165) is 6.07 Å². The second-order valence-corrected chi connectivity index (χ2v) is 4.09. The molecule has 0 heterocycles. The molecule has 0 unspecified atom stereocenters. The summed E-state index contributed by atoms with van der Waals surface area (Å²) >= 11 is 0. The van der Waals surface area contributed by atoms with Crippen LogP contribution in [-0.4, -0.2) is 0 Å². The molecule has 0 bridgehead atoms. The maximum absolute atomic E-state index is 13.6. The van der Waals surface area contributed by atoms with Gasteiger partial charge in [-0.25, -0.2) is 8.78 Å². The first kappa shape index (κ1) is 14.8. The molecule has 0 aliphatic carbocycles. The summed E-state index contributed by atoms with van der Waals surface area (Å²) in [6.07, 6.45) is -4.63. The Labute approximate surface area is 116 Å². The smallest absolute Gasteiger partial charge is 0.352 e. The van der Waals surface area contributed by atoms with Crippen molar-refractivity contribution in [3.05, 3.63) is 59.2 Å². The largest absolute Gasteiger partial charge is 0.416 e. The van der Waals surface area contributed by atoms with E-state index in [2.05, 4.69) is 5.32 Å². The highest BCUT2D eigenvalue weighted by Gasteiger charge is 2.31. The fourth-order valence-corrected chi connectivity index (χ4v) is 1.68. The van der Waals surface area contributed by atoms with Crippen LogP contribution in [0, 0.1) is 23.0 Å². The van der Waals surface area contributed by atoms with Gasteiger partial charge in [0.25, 0.3) is 0 Å². The second-order valence-electron chi connectivity index (χ2n) is 4.09. The van der Waals surface area contributed by atoms with Gasteiger partial charge in [0.1, 0.15) is 23.3 Å². The van der Waals surface area contributed by atoms with Gasteiger partial charge in [-0.2, -0.15) is 18.4 Å². The molecule has 0 aliphatic rings. The number of nitriles is 1. The van der Waals surface area contributed by atoms with Crippen molar-refractivity contribution in [1.29, 1.82) is 5.26 Å². The monoisotopic (exact) mass is 298 g/mol. The van der Waals surface area contributed by atoms with Crippen LogP contribution < -0.4 is 5.32 Å². The molecular weight excluding hydrogens is 291 g/mol. The van der Waals surface area contributed by atoms with E-state index in [4.69, 9.17) is 5.26 Å². The van der Waals surface area contributed by atoms with Crippen molar-refractivity contribution in [3.8, 4) is 6.07 Å². The molecular formula is C14H7F5N2. The summed E-state index contributed by atoms with van der Waals surface area (Å²) in [5.41, 5.74) is -2.07. The van der Waals surface area contributed by atoms with E-state index in [1.54, 1.807) is 6.07 Å². The molecule has 0 saturated carbocycles. The van der Waals surface area contributed by atoms with Crippen LogP contribution in [0.1, 0.15) is 11.1 Å². The van der Waals surface area contributed by atoms with Crippen LogP contribution >= 0.6 is 0 Å². The predicted molar refractivity (Wildman–Crippen MR) is 65.8 cm³/mol. The molecule has 7 heteroatoms. The van der Waals surface area contributed by atoms with Crippen LogP contribution in [0.4, 0.5) is 33.3 Å². The van der Waals surface area contributed by atoms with Gasteiger partial charge in [0.05, 0.1) is 16.9 Å². The van der Waals surface area contributed by atoms with Crippen LogP contribution in [0.15, 0.2) is 36.4 Å². The van der Waals surface area contributed by atoms with Gasteiger partial charge in [-0.15, -0.1) is 0 Å². The average Bonchev–Trinajstić information content (AvgIpc) is 2.40. The molecule has 108 valence electrons. The zero-order valence-electron chi connectivity index (χ0n) is 10.3. The molecule has 0 aliphatic heterocycles. The Morgan fingerprint density at radius 3 is 2.29 bits per heavy atom. The lowest BCUT2D eigenvalue weighted by molar-refractivity contribution is -0.137. The molecule has 21 heavy (non-hydrogen) atoms. The first-order chi connectivity index (χ1) is 9.82. The van der Waals surface area contributed by atoms with E-state index in [0.29, 0.717) is 18.2 Å². The fraction of sp³-hybridized carbons (Fsp3) is 0.0714. The second kappa shape index (κ2) is 5.40. The highest BCUT2D eigenvalue weighted by molar-refractivity contribution is 5.67. The molecule has 0 fully saturated rings. The lowest BCUT2D eigenvalue weighted by Crippen LogP contribution is -2.06. The van der Waals surface area contributed by atoms with Crippen molar-refractivity contribution >= 4 is 11.4 Å². The molecule has 0 radical (unpaired) electrons. The minimum absolute atomic E-state index is 0.115. The standard InChI is InChI=1S/C14H7F5N2/c15-10-2-1-3-12(9(10)7-20)21-13-6-8(14(17,18)19)4-5-11(13)16/h1-6,21H. The minimum Gasteiger partial charge on any atom is -0.352 e. The molecule has 2 aromatic carbocycles. The first-order valence-corrected chi connectivity index (χ1v) is 5.65. The van der Waals surface area contributed by atoms with Crippen molar-refractivity contribution in [2.75, 3.05) is 5.32 Å². The molecule has 1 N–H and O–H groups in total. The number of nitrogens with zero attached hydrogens (tertiary/aromatic N) is 1. The molecule has 2 nitrogen and oxygen atoms in total. The number of nitrogens with one attached hydrogen (secondary N) is 1. The minimum atomic E-state index is -4.63. The van der Waals surface area contributed by atoms with Crippen molar-refractivity contribution in [2.24, 2.45) is 0 Å². The van der Waals surface area contributed by atoms with E-state index >= 15 is 0 Å². The predicted octanol–water partition coefficient (Wildman–Crippen LogP) is 4.60. The van der Waals surface area contributed by atoms with Gasteiger partial charge in [0.15, 0.2) is 0 Å². The Bertz CT molecular complexity index is 716. The van der Waals surface area contributed by atoms with Gasteiger partial charge in [0.2, 0.25) is 0 Å². The van der Waals surface area contributed by atoms with Crippen LogP contribution in [-0.2, 0) is 6.18 Å². The summed E-state index contributed by atoms with van der Waals surface area (Å²) in [7, 11) is 0. The Balaban J connectivity index is 2.46. The number of hydrogen-bond acceptors (Lipinski definition) is 2. The molecule has 0 atom stereocenters. The van der Waals surface area contributed by atoms with Crippen molar-refractivity contribution in [3.63, 3.8) is 0 Å². The normalized spacial score (nSPS) is 11.0. The third kappa shape index (κ3) is 3.11. The maximum atomic E-state index is 13.6. The summed E-state index contributed by atoms with van der Waals surface area (Å²) in [4.78, 5) is 0. The average molecular weight is 298 g/mol. The number of halogens is 5. The number of alkyl halides is 3. The van der Waals surface area contributed by atoms with Gasteiger partial charge in [-0.05, 0) is 30.3 Å². The number of anilines is 2. The van der Waals surface area contributed by atoms with Crippen LogP contribution in [0.3, 0.4) is 0 Å². The number of rotatable bonds is 2. The quantitative estimate of drug-likeness (QED) is 0.822. The fourth-order valence-electron chi connectivity index (χ4n) is 1.68. The molecule has 0 saturated heterocycles. The Morgan fingerprint density at radius 2 is 1.67 bits per heavy atom. The molecule has 0 amide bonds. The number of hydrogen-bond donors (Lipinski definition) is 1. The number of benzene rings is 2. The Kier molecular flexibility index (Phi) is 3.80. The lowest BCUT2D eigenvalue weighted by Gasteiger charge is -2.12. The maximum Gasteiger partial charge on any atom is 0.416 e. The van der Waals surface area contributed by atoms with Crippen molar-refractivity contribution < 1.29 is 22.0 Å². The van der Waals surface area contributed by atoms with Crippen LogP contribution in [0.25, 0.3) is 0 Å². The molecule has 0 aromatic heterocycles. The highest BCUT2D eigenvalue weighted by Crippen LogP contribution is 2.33. The third-order valence-electron chi connectivity index (χ3n) is 2.69. The Morgan fingerprint density at radius 1 is 0.952 bits per heavy atom. The van der Waals surface area contributed by atoms with E-state index in [-0.39, 0.29) is 5.69 Å². The highest BCUT2D eigenvalue weighted by atomic mass is 19.4. The summed E-state index contributed by atoms with van der Waals surface area (Å²) in [6, 6.07) is 6.91. The van der Waals surface area contributed by atoms with E-state index < -0.39 is 34.6 Å². The molecule has 2 aromatic rings. The molecule has 2 rings (SSSR count). The van der Waals surface area contributed by atoms with Gasteiger partial charge >= 0.3 is 6.18 Å². The summed E-state index contributed by atoms with van der Waals surface area (Å²) in [5.74, 6) is -1.80. The zero-order chi connectivity index (χ0) is 15.6.